The molecule has 0 spiro atoms. The van der Waals surface area contributed by atoms with Crippen LogP contribution in [0, 0.1) is 5.82 Å². The van der Waals surface area contributed by atoms with Crippen molar-refractivity contribution in [3.63, 3.8) is 0 Å². The van der Waals surface area contributed by atoms with Gasteiger partial charge in [-0.1, -0.05) is 30.3 Å². The molecule has 9 nitrogen and oxygen atoms in total. The maximum atomic E-state index is 14.3. The molecule has 2 aromatic carbocycles. The van der Waals surface area contributed by atoms with Crippen LogP contribution in [0.3, 0.4) is 0 Å². The lowest BCUT2D eigenvalue weighted by atomic mass is 10.0. The third-order valence-electron chi connectivity index (χ3n) is 4.58. The molecule has 0 atom stereocenters. The summed E-state index contributed by atoms with van der Waals surface area (Å²) in [6.45, 7) is 0. The van der Waals surface area contributed by atoms with E-state index in [0.29, 0.717) is 16.8 Å². The van der Waals surface area contributed by atoms with Crippen molar-refractivity contribution in [1.82, 2.24) is 9.97 Å². The minimum atomic E-state index is -1.14. The molecule has 32 heavy (non-hydrogen) atoms. The number of carbonyl (C=O) groups is 3. The van der Waals surface area contributed by atoms with Gasteiger partial charge < -0.3 is 10.0 Å². The first kappa shape index (κ1) is 22.3. The first-order valence-corrected chi connectivity index (χ1v) is 9.50. The van der Waals surface area contributed by atoms with Gasteiger partial charge in [0.1, 0.15) is 11.4 Å². The topological polar surface area (TPSA) is 132 Å². The largest absolute Gasteiger partial charge is 0.481 e. The molecule has 10 heteroatoms. The Morgan fingerprint density at radius 2 is 1.84 bits per heavy atom. The number of nitrogens with zero attached hydrogens (tertiary/aromatic N) is 2. The number of aromatic amines is 1. The molecule has 1 heterocycles. The summed E-state index contributed by atoms with van der Waals surface area (Å²) in [6, 6.07) is 13.0. The van der Waals surface area contributed by atoms with Crippen molar-refractivity contribution in [2.75, 3.05) is 17.3 Å². The van der Waals surface area contributed by atoms with E-state index in [1.165, 1.54) is 30.1 Å². The van der Waals surface area contributed by atoms with Gasteiger partial charge in [0.2, 0.25) is 11.9 Å². The Balaban J connectivity index is 1.80. The van der Waals surface area contributed by atoms with E-state index in [0.717, 1.165) is 6.20 Å². The molecule has 3 N–H and O–H groups in total. The van der Waals surface area contributed by atoms with Gasteiger partial charge in [-0.3, -0.25) is 29.5 Å². The molecule has 3 aromatic rings. The molecule has 0 aliphatic carbocycles. The number of hydrogen-bond acceptors (Lipinski definition) is 5. The average molecular weight is 438 g/mol. The predicted molar refractivity (Wildman–Crippen MR) is 115 cm³/mol. The van der Waals surface area contributed by atoms with Crippen molar-refractivity contribution in [3.8, 4) is 11.1 Å². The number of carboxylic acids is 1. The molecule has 0 bridgehead atoms. The number of aliphatic carboxylic acids is 1. The summed E-state index contributed by atoms with van der Waals surface area (Å²) in [7, 11) is 1.44. The van der Waals surface area contributed by atoms with E-state index in [-0.39, 0.29) is 24.4 Å². The first-order chi connectivity index (χ1) is 15.3. The summed E-state index contributed by atoms with van der Waals surface area (Å²) in [5.74, 6) is -3.14. The Bertz CT molecular complexity index is 1230. The molecular formula is C22H19FN4O5. The fourth-order valence-electron chi connectivity index (χ4n) is 2.88. The van der Waals surface area contributed by atoms with E-state index in [2.05, 4.69) is 15.3 Å². The molecule has 0 saturated carbocycles. The van der Waals surface area contributed by atoms with Crippen LogP contribution in [-0.2, 0) is 9.59 Å². The minimum Gasteiger partial charge on any atom is -0.481 e. The van der Waals surface area contributed by atoms with Crippen LogP contribution in [-0.4, -0.2) is 39.9 Å². The number of benzene rings is 2. The quantitative estimate of drug-likeness (QED) is 0.520. The van der Waals surface area contributed by atoms with E-state index >= 15 is 0 Å². The Kier molecular flexibility index (Phi) is 6.74. The van der Waals surface area contributed by atoms with E-state index in [9.17, 15) is 23.6 Å². The molecule has 0 saturated heterocycles. The van der Waals surface area contributed by atoms with Crippen molar-refractivity contribution in [3.05, 3.63) is 76.5 Å². The van der Waals surface area contributed by atoms with Crippen molar-refractivity contribution >= 4 is 29.4 Å². The highest BCUT2D eigenvalue weighted by Crippen LogP contribution is 2.27. The maximum absolute atomic E-state index is 14.3. The summed E-state index contributed by atoms with van der Waals surface area (Å²) in [5, 5.41) is 10.9. The van der Waals surface area contributed by atoms with Crippen LogP contribution in [0.25, 0.3) is 11.1 Å². The molecule has 1 aromatic heterocycles. The lowest BCUT2D eigenvalue weighted by molar-refractivity contribution is -0.138. The standard InChI is InChI=1S/C22H19FN4O5/c1-27(14-7-8-17(23)15(11-14)13-5-3-2-4-6-13)21(32)16-12-24-22(26-20(16)31)25-18(28)9-10-19(29)30/h2-8,11-12H,9-10H2,1H3,(H,29,30)(H2,24,25,26,28,31). The Hall–Kier alpha value is -4.34. The van der Waals surface area contributed by atoms with Crippen LogP contribution >= 0.6 is 0 Å². The zero-order valence-electron chi connectivity index (χ0n) is 17.0. The second-order valence-corrected chi connectivity index (χ2v) is 6.81. The van der Waals surface area contributed by atoms with Crippen LogP contribution in [0.4, 0.5) is 16.0 Å². The smallest absolute Gasteiger partial charge is 0.303 e. The molecule has 3 rings (SSSR count). The van der Waals surface area contributed by atoms with Crippen LogP contribution in [0.2, 0.25) is 0 Å². The van der Waals surface area contributed by atoms with E-state index in [4.69, 9.17) is 5.11 Å². The number of aromatic nitrogens is 2. The van der Waals surface area contributed by atoms with Crippen molar-refractivity contribution in [2.45, 2.75) is 12.8 Å². The summed E-state index contributed by atoms with van der Waals surface area (Å²) >= 11 is 0. The summed E-state index contributed by atoms with van der Waals surface area (Å²) < 4.78 is 14.3. The van der Waals surface area contributed by atoms with Gasteiger partial charge in [0.05, 0.1) is 6.42 Å². The van der Waals surface area contributed by atoms with Gasteiger partial charge in [0, 0.05) is 30.9 Å². The zero-order valence-corrected chi connectivity index (χ0v) is 17.0. The Labute approximate surface area is 181 Å². The normalized spacial score (nSPS) is 10.4. The number of anilines is 2. The lowest BCUT2D eigenvalue weighted by Crippen LogP contribution is -2.32. The molecule has 0 fully saturated rings. The minimum absolute atomic E-state index is 0.210. The van der Waals surface area contributed by atoms with Crippen molar-refractivity contribution in [1.29, 1.82) is 0 Å². The maximum Gasteiger partial charge on any atom is 0.303 e. The van der Waals surface area contributed by atoms with Gasteiger partial charge in [0.25, 0.3) is 11.5 Å². The summed E-state index contributed by atoms with van der Waals surface area (Å²) in [4.78, 5) is 54.7. The number of nitrogens with one attached hydrogen (secondary N) is 2. The van der Waals surface area contributed by atoms with E-state index in [1.54, 1.807) is 30.3 Å². The monoisotopic (exact) mass is 438 g/mol. The molecule has 0 aliphatic heterocycles. The Morgan fingerprint density at radius 3 is 2.50 bits per heavy atom. The van der Waals surface area contributed by atoms with Gasteiger partial charge in [-0.15, -0.1) is 0 Å². The van der Waals surface area contributed by atoms with Crippen molar-refractivity contribution in [2.24, 2.45) is 0 Å². The number of H-pyrrole nitrogens is 1. The van der Waals surface area contributed by atoms with Gasteiger partial charge in [-0.05, 0) is 23.8 Å². The SMILES string of the molecule is CN(C(=O)c1cnc(NC(=O)CCC(=O)O)[nH]c1=O)c1ccc(F)c(-c2ccccc2)c1. The number of carboxylic acid groups (broad SMARTS) is 1. The third kappa shape index (κ3) is 5.22. The predicted octanol–water partition coefficient (Wildman–Crippen LogP) is 2.66. The first-order valence-electron chi connectivity index (χ1n) is 9.50. The highest BCUT2D eigenvalue weighted by molar-refractivity contribution is 6.05. The van der Waals surface area contributed by atoms with E-state index in [1.807, 2.05) is 0 Å². The second kappa shape index (κ2) is 9.65. The lowest BCUT2D eigenvalue weighted by Gasteiger charge is -2.18. The molecule has 164 valence electrons. The highest BCUT2D eigenvalue weighted by Gasteiger charge is 2.20. The van der Waals surface area contributed by atoms with Crippen LogP contribution in [0.15, 0.2) is 59.5 Å². The van der Waals surface area contributed by atoms with Crippen LogP contribution < -0.4 is 15.8 Å². The number of amides is 2. The molecular weight excluding hydrogens is 419 g/mol. The molecule has 2 amide bonds. The molecule has 0 unspecified atom stereocenters. The summed E-state index contributed by atoms with van der Waals surface area (Å²) in [6.07, 6.45) is 0.336. The summed E-state index contributed by atoms with van der Waals surface area (Å²) in [5.41, 5.74) is 0.211. The van der Waals surface area contributed by atoms with Crippen molar-refractivity contribution < 1.29 is 23.9 Å². The number of hydrogen-bond donors (Lipinski definition) is 3. The van der Waals surface area contributed by atoms with Crippen LogP contribution in [0.5, 0.6) is 0 Å². The average Bonchev–Trinajstić information content (AvgIpc) is 2.78. The van der Waals surface area contributed by atoms with Gasteiger partial charge in [0.15, 0.2) is 0 Å². The zero-order chi connectivity index (χ0) is 23.3. The van der Waals surface area contributed by atoms with Gasteiger partial charge in [-0.2, -0.15) is 0 Å². The fraction of sp³-hybridized carbons (Fsp3) is 0.136. The number of carbonyl (C=O) groups excluding carboxylic acids is 2. The highest BCUT2D eigenvalue weighted by atomic mass is 19.1. The van der Waals surface area contributed by atoms with E-state index < -0.39 is 29.2 Å². The second-order valence-electron chi connectivity index (χ2n) is 6.81. The number of halogens is 1. The molecule has 0 aliphatic rings. The third-order valence-corrected chi connectivity index (χ3v) is 4.58. The number of rotatable bonds is 7. The van der Waals surface area contributed by atoms with Crippen LogP contribution in [0.1, 0.15) is 23.2 Å². The van der Waals surface area contributed by atoms with Gasteiger partial charge in [-0.25, -0.2) is 9.37 Å². The molecule has 0 radical (unpaired) electrons. The Morgan fingerprint density at radius 1 is 1.12 bits per heavy atom. The fourth-order valence-corrected chi connectivity index (χ4v) is 2.88. The van der Waals surface area contributed by atoms with Gasteiger partial charge >= 0.3 is 5.97 Å².